The number of hydrogen-bond donors (Lipinski definition) is 1. The highest BCUT2D eigenvalue weighted by molar-refractivity contribution is 8.12. The lowest BCUT2D eigenvalue weighted by Gasteiger charge is -2.06. The highest BCUT2D eigenvalue weighted by atomic mass is 35.7. The molecule has 0 fully saturated rings. The van der Waals surface area contributed by atoms with Crippen LogP contribution in [0, 0.1) is 18.3 Å². The summed E-state index contributed by atoms with van der Waals surface area (Å²) < 4.78 is 27.2. The lowest BCUT2D eigenvalue weighted by Crippen LogP contribution is -2.29. The van der Waals surface area contributed by atoms with Crippen molar-refractivity contribution in [3.8, 4) is 11.8 Å². The molecule has 1 aromatic rings. The van der Waals surface area contributed by atoms with Crippen LogP contribution in [-0.2, 0) is 9.24 Å². The molecular weight excluding hydrogens is 268 g/mol. The van der Waals surface area contributed by atoms with Crippen LogP contribution in [0.3, 0.4) is 0 Å². The minimum Gasteiger partial charge on any atom is -0.409 e. The van der Waals surface area contributed by atoms with Crippen LogP contribution >= 0.6 is 10.7 Å². The minimum atomic E-state index is -4.19. The molecule has 1 rings (SSSR count). The fourth-order valence-corrected chi connectivity index (χ4v) is 1.43. The van der Waals surface area contributed by atoms with Gasteiger partial charge in [0.15, 0.2) is 0 Å². The molecule has 8 heteroatoms. The number of amides is 1. The van der Waals surface area contributed by atoms with Crippen LogP contribution in [0.15, 0.2) is 18.2 Å². The average molecular weight is 275 g/mol. The Bertz CT molecular complexity index is 592. The first-order valence-electron chi connectivity index (χ1n) is 4.27. The third kappa shape index (κ3) is 4.30. The lowest BCUT2D eigenvalue weighted by atomic mass is 10.1. The summed E-state index contributed by atoms with van der Waals surface area (Å²) in [7, 11) is 0.611. The Morgan fingerprint density at radius 1 is 1.53 bits per heavy atom. The molecule has 0 saturated heterocycles. The van der Waals surface area contributed by atoms with Crippen molar-refractivity contribution in [2.24, 2.45) is 0 Å². The first-order chi connectivity index (χ1) is 7.81. The Morgan fingerprint density at radius 2 is 2.18 bits per heavy atom. The Balaban J connectivity index is 2.89. The maximum absolute atomic E-state index is 11.1. The van der Waals surface area contributed by atoms with Gasteiger partial charge in [-0.3, -0.25) is 0 Å². The van der Waals surface area contributed by atoms with Crippen LogP contribution in [0.4, 0.5) is 4.79 Å². The molecule has 0 unspecified atom stereocenters. The number of carbonyl (C=O) groups excluding carboxylic acids is 1. The molecule has 0 atom stereocenters. The Kier molecular flexibility index (Phi) is 3.93. The molecule has 0 aromatic heterocycles. The quantitative estimate of drug-likeness (QED) is 0.823. The molecule has 0 bridgehead atoms. The number of halogens is 1. The van der Waals surface area contributed by atoms with E-state index < -0.39 is 15.3 Å². The van der Waals surface area contributed by atoms with Gasteiger partial charge in [0.05, 0.1) is 11.6 Å². The van der Waals surface area contributed by atoms with Crippen molar-refractivity contribution < 1.29 is 17.9 Å². The van der Waals surface area contributed by atoms with E-state index in [-0.39, 0.29) is 11.3 Å². The van der Waals surface area contributed by atoms with E-state index in [0.717, 1.165) is 0 Å². The number of hydrogen-bond acceptors (Lipinski definition) is 5. The summed E-state index contributed by atoms with van der Waals surface area (Å²) in [5, 5.41) is 8.65. The lowest BCUT2D eigenvalue weighted by molar-refractivity contribution is 0.206. The number of ether oxygens (including phenoxy) is 1. The number of nitriles is 1. The highest BCUT2D eigenvalue weighted by Crippen LogP contribution is 2.19. The smallest absolute Gasteiger partial charge is 0.409 e. The fraction of sp³-hybridized carbons (Fsp3) is 0.111. The van der Waals surface area contributed by atoms with E-state index in [9.17, 15) is 13.2 Å². The van der Waals surface area contributed by atoms with Crippen molar-refractivity contribution in [2.45, 2.75) is 6.92 Å². The van der Waals surface area contributed by atoms with E-state index in [0.29, 0.717) is 5.56 Å². The standard InChI is InChI=1S/C9H7ClN2O4S/c1-6-2-3-7(5-11)4-8(6)16-9(13)12-17(10,14)15/h2-4H,1H3,(H,12,13). The molecule has 17 heavy (non-hydrogen) atoms. The number of nitrogens with one attached hydrogen (secondary N) is 1. The Hall–Kier alpha value is -1.78. The molecule has 0 spiro atoms. The number of aryl methyl sites for hydroxylation is 1. The zero-order valence-electron chi connectivity index (χ0n) is 8.60. The van der Waals surface area contributed by atoms with Crippen molar-refractivity contribution in [1.82, 2.24) is 4.72 Å². The van der Waals surface area contributed by atoms with Crippen LogP contribution in [0.1, 0.15) is 11.1 Å². The summed E-state index contributed by atoms with van der Waals surface area (Å²) in [6, 6.07) is 6.28. The van der Waals surface area contributed by atoms with Gasteiger partial charge in [-0.05, 0) is 24.6 Å². The first kappa shape index (κ1) is 13.3. The van der Waals surface area contributed by atoms with Gasteiger partial charge in [0.25, 0.3) is 0 Å². The van der Waals surface area contributed by atoms with Crippen LogP contribution in [0.5, 0.6) is 5.75 Å². The van der Waals surface area contributed by atoms with Crippen molar-refractivity contribution in [1.29, 1.82) is 5.26 Å². The van der Waals surface area contributed by atoms with Gasteiger partial charge in [-0.15, -0.1) is 0 Å². The van der Waals surface area contributed by atoms with Gasteiger partial charge in [-0.2, -0.15) is 13.7 Å². The van der Waals surface area contributed by atoms with E-state index in [1.807, 2.05) is 6.07 Å². The SMILES string of the molecule is Cc1ccc(C#N)cc1OC(=O)NS(=O)(=O)Cl. The van der Waals surface area contributed by atoms with Crippen molar-refractivity contribution in [3.63, 3.8) is 0 Å². The second kappa shape index (κ2) is 5.03. The van der Waals surface area contributed by atoms with Gasteiger partial charge in [0, 0.05) is 10.7 Å². The average Bonchev–Trinajstić information content (AvgIpc) is 2.18. The van der Waals surface area contributed by atoms with Crippen molar-refractivity contribution >= 4 is 26.0 Å². The topological polar surface area (TPSA) is 96.3 Å². The zero-order valence-corrected chi connectivity index (χ0v) is 10.2. The summed E-state index contributed by atoms with van der Waals surface area (Å²) in [5.74, 6) is 0.0851. The normalized spacial score (nSPS) is 10.4. The van der Waals surface area contributed by atoms with E-state index >= 15 is 0 Å². The van der Waals surface area contributed by atoms with E-state index in [1.165, 1.54) is 10.8 Å². The van der Waals surface area contributed by atoms with Crippen LogP contribution in [-0.4, -0.2) is 14.5 Å². The molecular formula is C9H7ClN2O4S. The maximum Gasteiger partial charge on any atom is 0.427 e. The number of benzene rings is 1. The fourth-order valence-electron chi connectivity index (χ4n) is 1.000. The number of nitrogens with zero attached hydrogens (tertiary/aromatic N) is 1. The Morgan fingerprint density at radius 3 is 2.71 bits per heavy atom. The maximum atomic E-state index is 11.1. The van der Waals surface area contributed by atoms with Gasteiger partial charge < -0.3 is 4.74 Å². The molecule has 0 aliphatic rings. The van der Waals surface area contributed by atoms with Crippen molar-refractivity contribution in [3.05, 3.63) is 29.3 Å². The molecule has 1 aromatic carbocycles. The monoisotopic (exact) mass is 274 g/mol. The molecule has 1 amide bonds. The van der Waals surface area contributed by atoms with Gasteiger partial charge in [0.2, 0.25) is 0 Å². The van der Waals surface area contributed by atoms with E-state index in [4.69, 9.17) is 20.7 Å². The van der Waals surface area contributed by atoms with Crippen LogP contribution < -0.4 is 9.46 Å². The Labute approximate surface area is 102 Å². The van der Waals surface area contributed by atoms with E-state index in [2.05, 4.69) is 0 Å². The zero-order chi connectivity index (χ0) is 13.1. The van der Waals surface area contributed by atoms with Crippen LogP contribution in [0.2, 0.25) is 0 Å². The third-order valence-electron chi connectivity index (χ3n) is 1.73. The van der Waals surface area contributed by atoms with Crippen molar-refractivity contribution in [2.75, 3.05) is 0 Å². The molecule has 0 aliphatic carbocycles. The van der Waals surface area contributed by atoms with Gasteiger partial charge in [-0.25, -0.2) is 9.52 Å². The summed E-state index contributed by atoms with van der Waals surface area (Å²) in [6.07, 6.45) is -1.24. The van der Waals surface area contributed by atoms with Gasteiger partial charge >= 0.3 is 15.3 Å². The second-order valence-corrected chi connectivity index (χ2v) is 5.32. The third-order valence-corrected chi connectivity index (χ3v) is 2.37. The summed E-state index contributed by atoms with van der Waals surface area (Å²) in [4.78, 5) is 11.1. The summed E-state index contributed by atoms with van der Waals surface area (Å²) in [5.41, 5.74) is 0.859. The van der Waals surface area contributed by atoms with Gasteiger partial charge in [0.1, 0.15) is 5.75 Å². The largest absolute Gasteiger partial charge is 0.427 e. The van der Waals surface area contributed by atoms with Crippen LogP contribution in [0.25, 0.3) is 0 Å². The summed E-state index contributed by atoms with van der Waals surface area (Å²) >= 11 is 0. The van der Waals surface area contributed by atoms with E-state index in [1.54, 1.807) is 19.1 Å². The molecule has 0 heterocycles. The molecule has 0 radical (unpaired) electrons. The number of carbonyl (C=O) groups is 1. The number of rotatable bonds is 2. The minimum absolute atomic E-state index is 0.0851. The second-order valence-electron chi connectivity index (χ2n) is 3.02. The molecule has 90 valence electrons. The molecule has 6 nitrogen and oxygen atoms in total. The van der Waals surface area contributed by atoms with Gasteiger partial charge in [-0.1, -0.05) is 6.07 Å². The molecule has 0 aliphatic heterocycles. The molecule has 0 saturated carbocycles. The first-order valence-corrected chi connectivity index (χ1v) is 6.58. The molecule has 1 N–H and O–H groups in total. The predicted molar refractivity (Wildman–Crippen MR) is 59.8 cm³/mol. The summed E-state index contributed by atoms with van der Waals surface area (Å²) in [6.45, 7) is 1.64. The highest BCUT2D eigenvalue weighted by Gasteiger charge is 2.13. The predicted octanol–water partition coefficient (Wildman–Crippen LogP) is 1.44.